The number of likely N-dealkylation sites (tertiary alicyclic amines) is 1. The Morgan fingerprint density at radius 3 is 2.94 bits per heavy atom. The zero-order valence-corrected chi connectivity index (χ0v) is 21.2. The van der Waals surface area contributed by atoms with E-state index >= 15 is 0 Å². The van der Waals surface area contributed by atoms with Crippen LogP contribution in [0.2, 0.25) is 0 Å². The molecule has 35 heavy (non-hydrogen) atoms. The monoisotopic (exact) mass is 516 g/mol. The Morgan fingerprint density at radius 1 is 1.29 bits per heavy atom. The Bertz CT molecular complexity index is 1120. The third kappa shape index (κ3) is 4.91. The van der Waals surface area contributed by atoms with Gasteiger partial charge in [0, 0.05) is 28.9 Å². The molecule has 5 rings (SSSR count). The van der Waals surface area contributed by atoms with Gasteiger partial charge in [0.15, 0.2) is 11.6 Å². The van der Waals surface area contributed by atoms with Gasteiger partial charge in [-0.05, 0) is 37.5 Å². The van der Waals surface area contributed by atoms with Gasteiger partial charge in [-0.25, -0.2) is 0 Å². The fourth-order valence-electron chi connectivity index (χ4n) is 5.58. The van der Waals surface area contributed by atoms with E-state index < -0.39 is 0 Å². The topological polar surface area (TPSA) is 101 Å². The maximum absolute atomic E-state index is 13.3. The lowest BCUT2D eigenvalue weighted by molar-refractivity contribution is -0.128. The Kier molecular flexibility index (Phi) is 7.29. The van der Waals surface area contributed by atoms with Crippen molar-refractivity contribution in [3.63, 3.8) is 0 Å². The lowest BCUT2D eigenvalue weighted by atomic mass is 9.80. The lowest BCUT2D eigenvalue weighted by Crippen LogP contribution is -2.52. The standard InChI is InChI=1S/C25H29ClN4O4S/c1-2-15-9-14(10-28-29-15)21-7-8-22(35-21)25(33)27-11-19(31)16-5-3-4-6-18(16)30-12-17(26)24-23(30)20(32)13-34-24/h7-10,16-18,23-24H,2-6,11-13H2,1H3,(H,27,33)/t16?,17-,18?,23+,24+/m0/s1. The number of fused-ring (bicyclic) bond motifs is 1. The third-order valence-electron chi connectivity index (χ3n) is 7.33. The molecule has 1 N–H and O–H groups in total. The van der Waals surface area contributed by atoms with Gasteiger partial charge in [0.05, 0.1) is 40.8 Å². The molecule has 3 fully saturated rings. The summed E-state index contributed by atoms with van der Waals surface area (Å²) in [6.45, 7) is 2.63. The van der Waals surface area contributed by atoms with Crippen molar-refractivity contribution >= 4 is 40.4 Å². The minimum absolute atomic E-state index is 0.00619. The SMILES string of the molecule is CCc1cc(-c2ccc(C(=O)NCC(=O)C3CCCCC3N3C[C@H](Cl)[C@H]4OCC(=O)[C@H]43)s2)cnn1. The van der Waals surface area contributed by atoms with Crippen LogP contribution in [-0.2, 0) is 20.7 Å². The molecule has 2 saturated heterocycles. The second kappa shape index (κ2) is 10.4. The van der Waals surface area contributed by atoms with E-state index in [4.69, 9.17) is 16.3 Å². The number of rotatable bonds is 7. The molecule has 0 radical (unpaired) electrons. The molecule has 10 heteroatoms. The van der Waals surface area contributed by atoms with Crippen LogP contribution in [0.25, 0.3) is 10.4 Å². The van der Waals surface area contributed by atoms with Gasteiger partial charge in [-0.1, -0.05) is 19.8 Å². The third-order valence-corrected chi connectivity index (χ3v) is 8.85. The maximum atomic E-state index is 13.3. The zero-order chi connectivity index (χ0) is 24.5. The number of nitrogens with one attached hydrogen (secondary N) is 1. The highest BCUT2D eigenvalue weighted by Crippen LogP contribution is 2.38. The van der Waals surface area contributed by atoms with Gasteiger partial charge < -0.3 is 10.1 Å². The van der Waals surface area contributed by atoms with Crippen LogP contribution in [0.15, 0.2) is 24.4 Å². The van der Waals surface area contributed by atoms with E-state index in [1.807, 2.05) is 19.1 Å². The number of amides is 1. The molecular formula is C25H29ClN4O4S. The fourth-order valence-corrected chi connectivity index (χ4v) is 6.85. The van der Waals surface area contributed by atoms with Gasteiger partial charge in [0.25, 0.3) is 5.91 Å². The van der Waals surface area contributed by atoms with Gasteiger partial charge in [-0.15, -0.1) is 22.9 Å². The molecule has 2 aromatic rings. The predicted molar refractivity (Wildman–Crippen MR) is 133 cm³/mol. The van der Waals surface area contributed by atoms with Crippen LogP contribution < -0.4 is 5.32 Å². The van der Waals surface area contributed by atoms with Crippen molar-refractivity contribution in [2.45, 2.75) is 62.6 Å². The minimum atomic E-state index is -0.356. The first kappa shape index (κ1) is 24.5. The van der Waals surface area contributed by atoms with Crippen LogP contribution in [-0.4, -0.2) is 75.8 Å². The van der Waals surface area contributed by atoms with Gasteiger partial charge >= 0.3 is 0 Å². The number of carbonyl (C=O) groups is 3. The van der Waals surface area contributed by atoms with E-state index in [9.17, 15) is 14.4 Å². The van der Waals surface area contributed by atoms with Gasteiger partial charge in [0.1, 0.15) is 6.61 Å². The molecule has 2 aromatic heterocycles. The van der Waals surface area contributed by atoms with Crippen LogP contribution in [0.1, 0.15) is 48.0 Å². The van der Waals surface area contributed by atoms with E-state index in [1.54, 1.807) is 12.3 Å². The number of hydrogen-bond acceptors (Lipinski definition) is 8. The summed E-state index contributed by atoms with van der Waals surface area (Å²) >= 11 is 7.85. The first-order valence-electron chi connectivity index (χ1n) is 12.2. The fraction of sp³-hybridized carbons (Fsp3) is 0.560. The molecule has 1 amide bonds. The highest BCUT2D eigenvalue weighted by atomic mass is 35.5. The minimum Gasteiger partial charge on any atom is -0.367 e. The molecule has 2 unspecified atom stereocenters. The summed E-state index contributed by atoms with van der Waals surface area (Å²) in [4.78, 5) is 42.1. The summed E-state index contributed by atoms with van der Waals surface area (Å²) in [7, 11) is 0. The number of ether oxygens (including phenoxy) is 1. The Morgan fingerprint density at radius 2 is 2.11 bits per heavy atom. The van der Waals surface area contributed by atoms with Crippen LogP contribution in [0, 0.1) is 5.92 Å². The van der Waals surface area contributed by atoms with Crippen LogP contribution in [0.4, 0.5) is 0 Å². The van der Waals surface area contributed by atoms with E-state index in [2.05, 4.69) is 20.4 Å². The molecule has 5 atom stereocenters. The average Bonchev–Trinajstić information content (AvgIpc) is 3.60. The maximum Gasteiger partial charge on any atom is 0.261 e. The quantitative estimate of drug-likeness (QED) is 0.564. The molecule has 8 nitrogen and oxygen atoms in total. The number of halogens is 1. The van der Waals surface area contributed by atoms with Crippen LogP contribution in [0.3, 0.4) is 0 Å². The first-order valence-corrected chi connectivity index (χ1v) is 13.5. The highest BCUT2D eigenvalue weighted by molar-refractivity contribution is 7.17. The van der Waals surface area contributed by atoms with E-state index in [0.717, 1.165) is 48.2 Å². The molecule has 1 aliphatic carbocycles. The molecule has 186 valence electrons. The Labute approximate surface area is 213 Å². The lowest BCUT2D eigenvalue weighted by Gasteiger charge is -2.39. The second-order valence-corrected chi connectivity index (χ2v) is 11.1. The summed E-state index contributed by atoms with van der Waals surface area (Å²) in [5.74, 6) is -0.436. The van der Waals surface area contributed by atoms with Crippen LogP contribution >= 0.6 is 22.9 Å². The Balaban J connectivity index is 1.23. The number of Topliss-reactive ketones (excluding diaryl/α,β-unsaturated/α-hetero) is 2. The predicted octanol–water partition coefficient (Wildman–Crippen LogP) is 2.88. The number of nitrogens with zero attached hydrogens (tertiary/aromatic N) is 3. The summed E-state index contributed by atoms with van der Waals surface area (Å²) in [5.41, 5.74) is 1.82. The number of ketones is 2. The van der Waals surface area contributed by atoms with E-state index in [1.165, 1.54) is 11.3 Å². The van der Waals surface area contributed by atoms with Gasteiger partial charge in [-0.3, -0.25) is 19.3 Å². The molecule has 1 saturated carbocycles. The van der Waals surface area contributed by atoms with Crippen molar-refractivity contribution in [1.29, 1.82) is 0 Å². The molecule has 4 heterocycles. The van der Waals surface area contributed by atoms with Crippen molar-refractivity contribution in [3.8, 4) is 10.4 Å². The van der Waals surface area contributed by atoms with Crippen molar-refractivity contribution < 1.29 is 19.1 Å². The Hall–Kier alpha value is -2.20. The summed E-state index contributed by atoms with van der Waals surface area (Å²) in [6, 6.07) is 5.23. The normalized spacial score (nSPS) is 28.7. The number of thiophene rings is 1. The van der Waals surface area contributed by atoms with Crippen molar-refractivity contribution in [1.82, 2.24) is 20.4 Å². The molecule has 0 aromatic carbocycles. The summed E-state index contributed by atoms with van der Waals surface area (Å²) < 4.78 is 5.62. The van der Waals surface area contributed by atoms with E-state index in [-0.39, 0.29) is 60.1 Å². The summed E-state index contributed by atoms with van der Waals surface area (Å²) in [6.07, 6.45) is 5.76. The molecule has 2 aliphatic heterocycles. The molecule has 0 spiro atoms. The number of carbonyl (C=O) groups excluding carboxylic acids is 3. The average molecular weight is 517 g/mol. The number of aryl methyl sites for hydroxylation is 1. The van der Waals surface area contributed by atoms with Gasteiger partial charge in [-0.2, -0.15) is 10.2 Å². The van der Waals surface area contributed by atoms with Crippen molar-refractivity contribution in [2.24, 2.45) is 5.92 Å². The van der Waals surface area contributed by atoms with Crippen molar-refractivity contribution in [3.05, 3.63) is 35.0 Å². The smallest absolute Gasteiger partial charge is 0.261 e. The highest BCUT2D eigenvalue weighted by Gasteiger charge is 2.53. The molecular weight excluding hydrogens is 488 g/mol. The van der Waals surface area contributed by atoms with Crippen molar-refractivity contribution in [2.75, 3.05) is 19.7 Å². The summed E-state index contributed by atoms with van der Waals surface area (Å²) in [5, 5.41) is 10.7. The number of aromatic nitrogens is 2. The van der Waals surface area contributed by atoms with Gasteiger partial charge in [0.2, 0.25) is 0 Å². The van der Waals surface area contributed by atoms with Crippen LogP contribution in [0.5, 0.6) is 0 Å². The zero-order valence-electron chi connectivity index (χ0n) is 19.6. The molecule has 3 aliphatic rings. The largest absolute Gasteiger partial charge is 0.367 e. The first-order chi connectivity index (χ1) is 17.0. The number of alkyl halides is 1. The second-order valence-electron chi connectivity index (χ2n) is 9.46. The molecule has 0 bridgehead atoms. The number of hydrogen-bond donors (Lipinski definition) is 1. The van der Waals surface area contributed by atoms with E-state index in [0.29, 0.717) is 11.4 Å².